The maximum atomic E-state index is 12.5. The molecule has 1 heterocycles. The summed E-state index contributed by atoms with van der Waals surface area (Å²) in [6, 6.07) is 7.89. The second kappa shape index (κ2) is 8.55. The first kappa shape index (κ1) is 17.3. The number of hydrogen-bond donors (Lipinski definition) is 1. The van der Waals surface area contributed by atoms with Gasteiger partial charge >= 0.3 is 0 Å². The van der Waals surface area contributed by atoms with Crippen LogP contribution in [0.2, 0.25) is 0 Å². The molecule has 20 heavy (non-hydrogen) atoms. The third kappa shape index (κ3) is 4.14. The molecule has 1 aliphatic rings. The Bertz CT molecular complexity index is 434. The monoisotopic (exact) mass is 314 g/mol. The summed E-state index contributed by atoms with van der Waals surface area (Å²) in [5.74, 6) is 0.901. The molecule has 0 unspecified atom stereocenters. The van der Waals surface area contributed by atoms with E-state index in [9.17, 15) is 4.79 Å². The standard InChI is InChI=1S/C15H22N2OS.ClH/c1-16-11-12-7-9-17(10-8-12)15(18)13-5-3-4-6-14(13)19-2;/h3-6,12,16H,7-11H2,1-2H3;1H. The molecule has 1 N–H and O–H groups in total. The summed E-state index contributed by atoms with van der Waals surface area (Å²) in [5.41, 5.74) is 0.849. The Balaban J connectivity index is 0.00000200. The van der Waals surface area contributed by atoms with Crippen LogP contribution in [-0.4, -0.2) is 43.7 Å². The predicted octanol–water partition coefficient (Wildman–Crippen LogP) is 2.90. The Kier molecular flexibility index (Phi) is 7.41. The molecule has 0 spiro atoms. The lowest BCUT2D eigenvalue weighted by atomic mass is 9.96. The van der Waals surface area contributed by atoms with E-state index in [4.69, 9.17) is 0 Å². The van der Waals surface area contributed by atoms with E-state index in [1.54, 1.807) is 11.8 Å². The highest BCUT2D eigenvalue weighted by molar-refractivity contribution is 7.98. The molecule has 0 aromatic heterocycles. The van der Waals surface area contributed by atoms with Gasteiger partial charge in [0.05, 0.1) is 5.56 Å². The number of hydrogen-bond acceptors (Lipinski definition) is 3. The van der Waals surface area contributed by atoms with Gasteiger partial charge in [0.15, 0.2) is 0 Å². The van der Waals surface area contributed by atoms with Gasteiger partial charge in [-0.1, -0.05) is 12.1 Å². The number of rotatable bonds is 4. The number of carbonyl (C=O) groups is 1. The van der Waals surface area contributed by atoms with Crippen molar-refractivity contribution < 1.29 is 4.79 Å². The Morgan fingerprint density at radius 2 is 2.00 bits per heavy atom. The zero-order valence-corrected chi connectivity index (χ0v) is 13.7. The van der Waals surface area contributed by atoms with E-state index in [1.165, 1.54) is 0 Å². The predicted molar refractivity (Wildman–Crippen MR) is 88.0 cm³/mol. The SMILES string of the molecule is CNCC1CCN(C(=O)c2ccccc2SC)CC1.Cl. The first-order valence-corrected chi connectivity index (χ1v) is 8.05. The molecule has 1 aromatic rings. The molecule has 0 bridgehead atoms. The number of thioether (sulfide) groups is 1. The van der Waals surface area contributed by atoms with E-state index in [-0.39, 0.29) is 18.3 Å². The number of halogens is 1. The molecule has 1 fully saturated rings. The molecule has 1 saturated heterocycles. The van der Waals surface area contributed by atoms with Gasteiger partial charge in [0, 0.05) is 18.0 Å². The van der Waals surface area contributed by atoms with Crippen LogP contribution in [0.25, 0.3) is 0 Å². The number of nitrogens with zero attached hydrogens (tertiary/aromatic N) is 1. The average molecular weight is 315 g/mol. The maximum absolute atomic E-state index is 12.5. The van der Waals surface area contributed by atoms with Crippen molar-refractivity contribution in [3.8, 4) is 0 Å². The first-order valence-electron chi connectivity index (χ1n) is 6.83. The summed E-state index contributed by atoms with van der Waals surface area (Å²) in [5, 5.41) is 3.22. The number of benzene rings is 1. The largest absolute Gasteiger partial charge is 0.339 e. The Morgan fingerprint density at radius 3 is 2.60 bits per heavy atom. The number of nitrogens with one attached hydrogen (secondary N) is 1. The number of carbonyl (C=O) groups excluding carboxylic acids is 1. The van der Waals surface area contributed by atoms with Gasteiger partial charge in [-0.05, 0) is 50.7 Å². The van der Waals surface area contributed by atoms with Crippen LogP contribution in [0.1, 0.15) is 23.2 Å². The molecular formula is C15H23ClN2OS. The fourth-order valence-corrected chi connectivity index (χ4v) is 3.21. The maximum Gasteiger partial charge on any atom is 0.254 e. The molecule has 1 aliphatic heterocycles. The van der Waals surface area contributed by atoms with Crippen LogP contribution in [0.5, 0.6) is 0 Å². The Morgan fingerprint density at radius 1 is 1.35 bits per heavy atom. The molecular weight excluding hydrogens is 292 g/mol. The smallest absolute Gasteiger partial charge is 0.254 e. The van der Waals surface area contributed by atoms with E-state index in [1.807, 2.05) is 42.5 Å². The zero-order chi connectivity index (χ0) is 13.7. The van der Waals surface area contributed by atoms with Gasteiger partial charge in [0.25, 0.3) is 5.91 Å². The highest BCUT2D eigenvalue weighted by Gasteiger charge is 2.24. The van der Waals surface area contributed by atoms with Gasteiger partial charge in [-0.25, -0.2) is 0 Å². The quantitative estimate of drug-likeness (QED) is 0.867. The first-order chi connectivity index (χ1) is 9.26. The minimum absolute atomic E-state index is 0. The number of likely N-dealkylation sites (tertiary alicyclic amines) is 1. The minimum atomic E-state index is 0. The summed E-state index contributed by atoms with van der Waals surface area (Å²) < 4.78 is 0. The molecule has 1 aromatic carbocycles. The normalized spacial score (nSPS) is 15.8. The molecule has 3 nitrogen and oxygen atoms in total. The lowest BCUT2D eigenvalue weighted by Gasteiger charge is -2.32. The van der Waals surface area contributed by atoms with Crippen LogP contribution in [-0.2, 0) is 0 Å². The zero-order valence-electron chi connectivity index (χ0n) is 12.1. The molecule has 1 amide bonds. The number of piperidine rings is 1. The van der Waals surface area contributed by atoms with Gasteiger partial charge in [0.2, 0.25) is 0 Å². The van der Waals surface area contributed by atoms with Gasteiger partial charge in [-0.3, -0.25) is 4.79 Å². The molecule has 0 atom stereocenters. The summed E-state index contributed by atoms with van der Waals surface area (Å²) >= 11 is 1.64. The fraction of sp³-hybridized carbons (Fsp3) is 0.533. The van der Waals surface area contributed by atoms with Crippen molar-refractivity contribution in [2.45, 2.75) is 17.7 Å². The van der Waals surface area contributed by atoms with Crippen molar-refractivity contribution in [2.24, 2.45) is 5.92 Å². The summed E-state index contributed by atoms with van der Waals surface area (Å²) in [6.07, 6.45) is 4.23. The van der Waals surface area contributed by atoms with E-state index in [0.29, 0.717) is 5.92 Å². The highest BCUT2D eigenvalue weighted by atomic mass is 35.5. The second-order valence-electron chi connectivity index (χ2n) is 4.99. The van der Waals surface area contributed by atoms with Crippen LogP contribution in [0, 0.1) is 5.92 Å². The Hall–Kier alpha value is -0.710. The van der Waals surface area contributed by atoms with E-state index in [0.717, 1.165) is 42.9 Å². The number of amides is 1. The fourth-order valence-electron chi connectivity index (χ4n) is 2.62. The Labute approximate surface area is 131 Å². The van der Waals surface area contributed by atoms with Crippen molar-refractivity contribution in [1.29, 1.82) is 0 Å². The van der Waals surface area contributed by atoms with Crippen LogP contribution in [0.15, 0.2) is 29.2 Å². The molecule has 112 valence electrons. The lowest BCUT2D eigenvalue weighted by Crippen LogP contribution is -2.40. The molecule has 5 heteroatoms. The van der Waals surface area contributed by atoms with Gasteiger partial charge in [0.1, 0.15) is 0 Å². The molecule has 2 rings (SSSR count). The molecule has 0 saturated carbocycles. The van der Waals surface area contributed by atoms with Gasteiger partial charge < -0.3 is 10.2 Å². The van der Waals surface area contributed by atoms with Crippen LogP contribution < -0.4 is 5.32 Å². The van der Waals surface area contributed by atoms with Gasteiger partial charge in [-0.2, -0.15) is 0 Å². The van der Waals surface area contributed by atoms with Crippen LogP contribution >= 0.6 is 24.2 Å². The summed E-state index contributed by atoms with van der Waals surface area (Å²) in [7, 11) is 1.99. The average Bonchev–Trinajstić information content (AvgIpc) is 2.47. The van der Waals surface area contributed by atoms with Crippen LogP contribution in [0.4, 0.5) is 0 Å². The van der Waals surface area contributed by atoms with E-state index in [2.05, 4.69) is 5.32 Å². The second-order valence-corrected chi connectivity index (χ2v) is 5.84. The van der Waals surface area contributed by atoms with Crippen molar-refractivity contribution in [1.82, 2.24) is 10.2 Å². The summed E-state index contributed by atoms with van der Waals surface area (Å²) in [4.78, 5) is 15.6. The van der Waals surface area contributed by atoms with Crippen LogP contribution in [0.3, 0.4) is 0 Å². The third-order valence-electron chi connectivity index (χ3n) is 3.73. The lowest BCUT2D eigenvalue weighted by molar-refractivity contribution is 0.0687. The van der Waals surface area contributed by atoms with Crippen molar-refractivity contribution in [2.75, 3.05) is 32.9 Å². The van der Waals surface area contributed by atoms with Crippen molar-refractivity contribution in [3.05, 3.63) is 29.8 Å². The van der Waals surface area contributed by atoms with Crippen molar-refractivity contribution >= 4 is 30.1 Å². The van der Waals surface area contributed by atoms with Crippen molar-refractivity contribution in [3.63, 3.8) is 0 Å². The topological polar surface area (TPSA) is 32.3 Å². The highest BCUT2D eigenvalue weighted by Crippen LogP contribution is 2.24. The molecule has 0 radical (unpaired) electrons. The third-order valence-corrected chi connectivity index (χ3v) is 4.53. The molecule has 0 aliphatic carbocycles. The van der Waals surface area contributed by atoms with E-state index < -0.39 is 0 Å². The summed E-state index contributed by atoms with van der Waals surface area (Å²) in [6.45, 7) is 2.82. The van der Waals surface area contributed by atoms with E-state index >= 15 is 0 Å². The van der Waals surface area contributed by atoms with Gasteiger partial charge in [-0.15, -0.1) is 24.2 Å². The minimum Gasteiger partial charge on any atom is -0.339 e.